The molecule has 0 aromatic heterocycles. The summed E-state index contributed by atoms with van der Waals surface area (Å²) in [7, 11) is 0. The number of likely N-dealkylation sites (N-methyl/N-ethyl adjacent to an activating group) is 1. The lowest BCUT2D eigenvalue weighted by molar-refractivity contribution is 0.0999. The molecular formula is C17H20N2O. The van der Waals surface area contributed by atoms with Crippen LogP contribution in [0.3, 0.4) is 0 Å². The fourth-order valence-corrected chi connectivity index (χ4v) is 2.10. The van der Waals surface area contributed by atoms with E-state index >= 15 is 0 Å². The Morgan fingerprint density at radius 1 is 1.15 bits per heavy atom. The zero-order valence-corrected chi connectivity index (χ0v) is 12.0. The SMILES string of the molecule is CCN(CC(=O)c1ccc(C)c(N)c1)c1ccccc1. The first kappa shape index (κ1) is 14.1. The number of hydrogen-bond donors (Lipinski definition) is 1. The minimum atomic E-state index is 0.0856. The predicted molar refractivity (Wildman–Crippen MR) is 84.3 cm³/mol. The van der Waals surface area contributed by atoms with Gasteiger partial charge in [0.05, 0.1) is 6.54 Å². The summed E-state index contributed by atoms with van der Waals surface area (Å²) in [5.74, 6) is 0.0856. The Morgan fingerprint density at radius 3 is 2.45 bits per heavy atom. The Morgan fingerprint density at radius 2 is 1.85 bits per heavy atom. The molecule has 0 amide bonds. The van der Waals surface area contributed by atoms with Gasteiger partial charge in [-0.2, -0.15) is 0 Å². The van der Waals surface area contributed by atoms with Crippen molar-refractivity contribution < 1.29 is 4.79 Å². The van der Waals surface area contributed by atoms with Crippen LogP contribution in [0.15, 0.2) is 48.5 Å². The fourth-order valence-electron chi connectivity index (χ4n) is 2.10. The van der Waals surface area contributed by atoms with Crippen LogP contribution < -0.4 is 10.6 Å². The minimum Gasteiger partial charge on any atom is -0.398 e. The van der Waals surface area contributed by atoms with E-state index in [2.05, 4.69) is 4.90 Å². The molecule has 0 atom stereocenters. The second kappa shape index (κ2) is 6.24. The second-order valence-corrected chi connectivity index (χ2v) is 4.84. The third kappa shape index (κ3) is 3.18. The van der Waals surface area contributed by atoms with Crippen molar-refractivity contribution in [3.8, 4) is 0 Å². The van der Waals surface area contributed by atoms with Crippen molar-refractivity contribution in [2.24, 2.45) is 0 Å². The molecule has 0 aliphatic rings. The maximum absolute atomic E-state index is 12.4. The highest BCUT2D eigenvalue weighted by Crippen LogP contribution is 2.16. The van der Waals surface area contributed by atoms with E-state index < -0.39 is 0 Å². The predicted octanol–water partition coefficient (Wildman–Crippen LogP) is 3.29. The molecule has 0 heterocycles. The molecule has 0 radical (unpaired) electrons. The largest absolute Gasteiger partial charge is 0.398 e. The Balaban J connectivity index is 2.15. The van der Waals surface area contributed by atoms with Crippen LogP contribution in [0.2, 0.25) is 0 Å². The van der Waals surface area contributed by atoms with Crippen LogP contribution >= 0.6 is 0 Å². The zero-order chi connectivity index (χ0) is 14.5. The first-order valence-corrected chi connectivity index (χ1v) is 6.81. The van der Waals surface area contributed by atoms with Crippen LogP contribution in [0.5, 0.6) is 0 Å². The molecule has 0 aliphatic carbocycles. The maximum atomic E-state index is 12.4. The van der Waals surface area contributed by atoms with Crippen LogP contribution in [-0.2, 0) is 0 Å². The molecule has 0 unspecified atom stereocenters. The zero-order valence-electron chi connectivity index (χ0n) is 12.0. The van der Waals surface area contributed by atoms with Gasteiger partial charge in [-0.1, -0.05) is 30.3 Å². The molecular weight excluding hydrogens is 248 g/mol. The van der Waals surface area contributed by atoms with E-state index in [1.165, 1.54) is 0 Å². The summed E-state index contributed by atoms with van der Waals surface area (Å²) in [5, 5.41) is 0. The standard InChI is InChI=1S/C17H20N2O/c1-3-19(15-7-5-4-6-8-15)12-17(20)14-10-9-13(2)16(18)11-14/h4-11H,3,12,18H2,1-2H3. The van der Waals surface area contributed by atoms with Crippen LogP contribution in [-0.4, -0.2) is 18.9 Å². The molecule has 0 saturated carbocycles. The van der Waals surface area contributed by atoms with Crippen molar-refractivity contribution in [2.75, 3.05) is 23.7 Å². The summed E-state index contributed by atoms with van der Waals surface area (Å²) in [6, 6.07) is 15.4. The number of hydrogen-bond acceptors (Lipinski definition) is 3. The van der Waals surface area contributed by atoms with Crippen molar-refractivity contribution in [2.45, 2.75) is 13.8 Å². The third-order valence-corrected chi connectivity index (χ3v) is 3.44. The molecule has 2 aromatic rings. The van der Waals surface area contributed by atoms with Gasteiger partial charge in [-0.05, 0) is 37.6 Å². The number of rotatable bonds is 5. The van der Waals surface area contributed by atoms with Crippen molar-refractivity contribution in [3.05, 3.63) is 59.7 Å². The molecule has 104 valence electrons. The number of benzene rings is 2. The van der Waals surface area contributed by atoms with E-state index in [0.717, 1.165) is 17.8 Å². The van der Waals surface area contributed by atoms with Gasteiger partial charge in [-0.25, -0.2) is 0 Å². The lowest BCUT2D eigenvalue weighted by Gasteiger charge is -2.22. The molecule has 3 nitrogen and oxygen atoms in total. The number of carbonyl (C=O) groups is 1. The highest BCUT2D eigenvalue weighted by molar-refractivity contribution is 6.00. The van der Waals surface area contributed by atoms with Crippen LogP contribution in [0.1, 0.15) is 22.8 Å². The topological polar surface area (TPSA) is 46.3 Å². The van der Waals surface area contributed by atoms with Crippen molar-refractivity contribution in [3.63, 3.8) is 0 Å². The number of para-hydroxylation sites is 1. The van der Waals surface area contributed by atoms with Gasteiger partial charge in [-0.3, -0.25) is 4.79 Å². The number of carbonyl (C=O) groups excluding carboxylic acids is 1. The molecule has 2 N–H and O–H groups in total. The maximum Gasteiger partial charge on any atom is 0.182 e. The van der Waals surface area contributed by atoms with Crippen LogP contribution in [0.4, 0.5) is 11.4 Å². The fraction of sp³-hybridized carbons (Fsp3) is 0.235. The molecule has 20 heavy (non-hydrogen) atoms. The van der Waals surface area contributed by atoms with Gasteiger partial charge >= 0.3 is 0 Å². The highest BCUT2D eigenvalue weighted by Gasteiger charge is 2.12. The summed E-state index contributed by atoms with van der Waals surface area (Å²) in [4.78, 5) is 14.4. The Kier molecular flexibility index (Phi) is 4.41. The normalized spacial score (nSPS) is 10.3. The smallest absolute Gasteiger partial charge is 0.182 e. The van der Waals surface area contributed by atoms with E-state index in [1.54, 1.807) is 6.07 Å². The Hall–Kier alpha value is -2.29. The summed E-state index contributed by atoms with van der Waals surface area (Å²) < 4.78 is 0. The third-order valence-electron chi connectivity index (χ3n) is 3.44. The number of nitrogens with zero attached hydrogens (tertiary/aromatic N) is 1. The minimum absolute atomic E-state index is 0.0856. The highest BCUT2D eigenvalue weighted by atomic mass is 16.1. The number of ketones is 1. The van der Waals surface area contributed by atoms with Crippen molar-refractivity contribution in [1.82, 2.24) is 0 Å². The summed E-state index contributed by atoms with van der Waals surface area (Å²) in [6.07, 6.45) is 0. The monoisotopic (exact) mass is 268 g/mol. The lowest BCUT2D eigenvalue weighted by atomic mass is 10.1. The average molecular weight is 268 g/mol. The average Bonchev–Trinajstić information content (AvgIpc) is 2.48. The van der Waals surface area contributed by atoms with Gasteiger partial charge in [-0.15, -0.1) is 0 Å². The first-order valence-electron chi connectivity index (χ1n) is 6.81. The van der Waals surface area contributed by atoms with Gasteiger partial charge in [0.15, 0.2) is 5.78 Å². The first-order chi connectivity index (χ1) is 9.61. The number of nitrogens with two attached hydrogens (primary N) is 1. The van der Waals surface area contributed by atoms with Gasteiger partial charge in [0.25, 0.3) is 0 Å². The number of nitrogen functional groups attached to an aromatic ring is 1. The number of aryl methyl sites for hydroxylation is 1. The van der Waals surface area contributed by atoms with E-state index in [0.29, 0.717) is 17.8 Å². The van der Waals surface area contributed by atoms with Crippen LogP contribution in [0.25, 0.3) is 0 Å². The van der Waals surface area contributed by atoms with Crippen LogP contribution in [0, 0.1) is 6.92 Å². The summed E-state index contributed by atoms with van der Waals surface area (Å²) in [5.41, 5.74) is 9.26. The van der Waals surface area contributed by atoms with Gasteiger partial charge < -0.3 is 10.6 Å². The number of anilines is 2. The van der Waals surface area contributed by atoms with Gasteiger partial charge in [0.1, 0.15) is 0 Å². The quantitative estimate of drug-likeness (QED) is 0.668. The van der Waals surface area contributed by atoms with E-state index in [9.17, 15) is 4.79 Å². The molecule has 0 fully saturated rings. The summed E-state index contributed by atoms with van der Waals surface area (Å²) in [6.45, 7) is 5.13. The molecule has 3 heteroatoms. The van der Waals surface area contributed by atoms with Crippen molar-refractivity contribution in [1.29, 1.82) is 0 Å². The van der Waals surface area contributed by atoms with E-state index in [-0.39, 0.29) is 5.78 Å². The van der Waals surface area contributed by atoms with E-state index in [4.69, 9.17) is 5.73 Å². The Labute approximate surface area is 120 Å². The molecule has 0 aliphatic heterocycles. The van der Waals surface area contributed by atoms with Gasteiger partial charge in [0.2, 0.25) is 0 Å². The van der Waals surface area contributed by atoms with Crippen molar-refractivity contribution >= 4 is 17.2 Å². The second-order valence-electron chi connectivity index (χ2n) is 4.84. The summed E-state index contributed by atoms with van der Waals surface area (Å²) >= 11 is 0. The molecule has 2 rings (SSSR count). The molecule has 0 bridgehead atoms. The molecule has 2 aromatic carbocycles. The number of Topliss-reactive ketones (excluding diaryl/α,β-unsaturated/α-hetero) is 1. The molecule has 0 spiro atoms. The Bertz CT molecular complexity index is 593. The van der Waals surface area contributed by atoms with Gasteiger partial charge in [0, 0.05) is 23.5 Å². The lowest BCUT2D eigenvalue weighted by Crippen LogP contribution is -2.29. The molecule has 0 saturated heterocycles. The van der Waals surface area contributed by atoms with E-state index in [1.807, 2.05) is 56.3 Å².